The number of hydrogen-bond donors (Lipinski definition) is 2. The van der Waals surface area contributed by atoms with Crippen molar-refractivity contribution in [1.29, 1.82) is 0 Å². The number of anilines is 1. The van der Waals surface area contributed by atoms with Crippen molar-refractivity contribution in [3.63, 3.8) is 0 Å². The van der Waals surface area contributed by atoms with Gasteiger partial charge in [0, 0.05) is 38.3 Å². The number of benzene rings is 1. The molecule has 3 N–H and O–H groups in total. The highest BCUT2D eigenvalue weighted by atomic mass is 16.1. The molecule has 0 saturated carbocycles. The lowest BCUT2D eigenvalue weighted by Gasteiger charge is -2.36. The van der Waals surface area contributed by atoms with E-state index in [2.05, 4.69) is 57.4 Å². The number of nitrogens with one attached hydrogen (secondary N) is 1. The Morgan fingerprint density at radius 1 is 1.11 bits per heavy atom. The first kappa shape index (κ1) is 18.3. The van der Waals surface area contributed by atoms with E-state index in [9.17, 15) is 4.79 Å². The number of primary amides is 1. The van der Waals surface area contributed by atoms with Crippen molar-refractivity contribution in [3.05, 3.63) is 59.8 Å². The highest BCUT2D eigenvalue weighted by Gasteiger charge is 2.29. The number of piperazine rings is 1. The molecule has 0 aliphatic carbocycles. The summed E-state index contributed by atoms with van der Waals surface area (Å²) in [5.74, 6) is 1.84. The molecule has 2 aromatic rings. The number of carbonyl (C=O) groups is 1. The van der Waals surface area contributed by atoms with Gasteiger partial charge in [-0.3, -0.25) is 9.79 Å². The van der Waals surface area contributed by atoms with E-state index < -0.39 is 5.91 Å². The molecular formula is C21H26N6O. The van der Waals surface area contributed by atoms with Crippen molar-refractivity contribution in [2.45, 2.75) is 18.9 Å². The summed E-state index contributed by atoms with van der Waals surface area (Å²) < 4.78 is 0. The van der Waals surface area contributed by atoms with Gasteiger partial charge in [0.2, 0.25) is 5.91 Å². The van der Waals surface area contributed by atoms with Gasteiger partial charge in [0.1, 0.15) is 5.82 Å². The molecule has 7 heteroatoms. The zero-order valence-corrected chi connectivity index (χ0v) is 16.1. The van der Waals surface area contributed by atoms with Crippen LogP contribution in [0.2, 0.25) is 0 Å². The molecule has 1 aromatic carbocycles. The first-order valence-electron chi connectivity index (χ1n) is 9.73. The molecule has 1 fully saturated rings. The minimum absolute atomic E-state index is 0.332. The lowest BCUT2D eigenvalue weighted by atomic mass is 9.94. The standard InChI is InChI=1S/C21H26N6O/c1-15(16-5-3-2-4-6-16)18-14-24-21(25-18)27-11-9-26(10-12-27)19-8-7-17(13-23-19)20(22)28/h2-8,13,15,18H,9-12,14H2,1H3,(H2,22,28)(H,24,25). The van der Waals surface area contributed by atoms with Crippen LogP contribution in [0.4, 0.5) is 5.82 Å². The molecule has 4 rings (SSSR count). The van der Waals surface area contributed by atoms with E-state index >= 15 is 0 Å². The monoisotopic (exact) mass is 378 g/mol. The second-order valence-corrected chi connectivity index (χ2v) is 7.36. The van der Waals surface area contributed by atoms with Crippen molar-refractivity contribution in [1.82, 2.24) is 15.2 Å². The lowest BCUT2D eigenvalue weighted by Crippen LogP contribution is -2.53. The quantitative estimate of drug-likeness (QED) is 0.841. The molecule has 7 nitrogen and oxygen atoms in total. The van der Waals surface area contributed by atoms with Crippen LogP contribution in [0.5, 0.6) is 0 Å². The molecule has 1 aromatic heterocycles. The molecule has 0 radical (unpaired) electrons. The van der Waals surface area contributed by atoms with Gasteiger partial charge in [-0.05, 0) is 17.7 Å². The van der Waals surface area contributed by atoms with Gasteiger partial charge in [-0.15, -0.1) is 0 Å². The van der Waals surface area contributed by atoms with Crippen molar-refractivity contribution >= 4 is 17.7 Å². The lowest BCUT2D eigenvalue weighted by molar-refractivity contribution is 0.1000. The van der Waals surface area contributed by atoms with E-state index in [1.165, 1.54) is 5.56 Å². The minimum Gasteiger partial charge on any atom is -0.366 e. The normalized spacial score (nSPS) is 20.5. The van der Waals surface area contributed by atoms with Crippen molar-refractivity contribution in [2.75, 3.05) is 37.6 Å². The van der Waals surface area contributed by atoms with Crippen LogP contribution in [0.25, 0.3) is 0 Å². The van der Waals surface area contributed by atoms with E-state index in [-0.39, 0.29) is 0 Å². The maximum absolute atomic E-state index is 11.2. The highest BCUT2D eigenvalue weighted by molar-refractivity contribution is 5.92. The highest BCUT2D eigenvalue weighted by Crippen LogP contribution is 2.22. The van der Waals surface area contributed by atoms with E-state index in [0.717, 1.165) is 44.5 Å². The Hall–Kier alpha value is -3.09. The zero-order valence-electron chi connectivity index (χ0n) is 16.1. The number of nitrogens with two attached hydrogens (primary N) is 1. The van der Waals surface area contributed by atoms with E-state index in [0.29, 0.717) is 17.5 Å². The summed E-state index contributed by atoms with van der Waals surface area (Å²) >= 11 is 0. The van der Waals surface area contributed by atoms with Crippen LogP contribution in [0.1, 0.15) is 28.8 Å². The molecule has 2 atom stereocenters. The molecule has 2 unspecified atom stereocenters. The smallest absolute Gasteiger partial charge is 0.250 e. The average molecular weight is 378 g/mol. The van der Waals surface area contributed by atoms with Gasteiger partial charge < -0.3 is 20.9 Å². The number of hydrogen-bond acceptors (Lipinski definition) is 6. The van der Waals surface area contributed by atoms with Crippen LogP contribution in [-0.4, -0.2) is 60.5 Å². The first-order valence-corrected chi connectivity index (χ1v) is 9.73. The fourth-order valence-corrected chi connectivity index (χ4v) is 3.77. The van der Waals surface area contributed by atoms with Gasteiger partial charge in [0.25, 0.3) is 0 Å². The van der Waals surface area contributed by atoms with Gasteiger partial charge in [0.15, 0.2) is 5.96 Å². The zero-order chi connectivity index (χ0) is 19.5. The number of rotatable bonds is 4. The Bertz CT molecular complexity index is 843. The summed E-state index contributed by atoms with van der Waals surface area (Å²) in [5.41, 5.74) is 7.06. The molecule has 28 heavy (non-hydrogen) atoms. The fraction of sp³-hybridized carbons (Fsp3) is 0.381. The summed E-state index contributed by atoms with van der Waals surface area (Å²) in [6.45, 7) is 6.56. The Labute approximate surface area is 165 Å². The minimum atomic E-state index is -0.450. The van der Waals surface area contributed by atoms with Crippen LogP contribution in [0, 0.1) is 0 Å². The fourth-order valence-electron chi connectivity index (χ4n) is 3.77. The molecular weight excluding hydrogens is 352 g/mol. The van der Waals surface area contributed by atoms with E-state index in [4.69, 9.17) is 10.7 Å². The van der Waals surface area contributed by atoms with Gasteiger partial charge in [-0.1, -0.05) is 37.3 Å². The Kier molecular flexibility index (Phi) is 5.14. The number of aromatic nitrogens is 1. The number of aliphatic imine (C=N–C) groups is 1. The SMILES string of the molecule is CC(c1ccccc1)C1CN=C(N2CCN(c3ccc(C(N)=O)cn3)CC2)N1. The van der Waals surface area contributed by atoms with Crippen molar-refractivity contribution < 1.29 is 4.79 Å². The number of nitrogens with zero attached hydrogens (tertiary/aromatic N) is 4. The van der Waals surface area contributed by atoms with Crippen LogP contribution >= 0.6 is 0 Å². The Balaban J connectivity index is 1.31. The van der Waals surface area contributed by atoms with Gasteiger partial charge in [-0.2, -0.15) is 0 Å². The summed E-state index contributed by atoms with van der Waals surface area (Å²) in [6.07, 6.45) is 1.54. The number of guanidine groups is 1. The molecule has 146 valence electrons. The van der Waals surface area contributed by atoms with E-state index in [1.807, 2.05) is 6.07 Å². The predicted octanol–water partition coefficient (Wildman–Crippen LogP) is 1.43. The maximum atomic E-state index is 11.2. The van der Waals surface area contributed by atoms with Gasteiger partial charge in [0.05, 0.1) is 18.2 Å². The van der Waals surface area contributed by atoms with Crippen molar-refractivity contribution in [2.24, 2.45) is 10.7 Å². The third kappa shape index (κ3) is 3.78. The Morgan fingerprint density at radius 2 is 1.82 bits per heavy atom. The Morgan fingerprint density at radius 3 is 2.46 bits per heavy atom. The van der Waals surface area contributed by atoms with Crippen LogP contribution in [-0.2, 0) is 0 Å². The number of amides is 1. The van der Waals surface area contributed by atoms with Crippen LogP contribution < -0.4 is 16.0 Å². The molecule has 2 aliphatic heterocycles. The first-order chi connectivity index (χ1) is 13.6. The molecule has 1 saturated heterocycles. The number of pyridine rings is 1. The number of carbonyl (C=O) groups excluding carboxylic acids is 1. The summed E-state index contributed by atoms with van der Waals surface area (Å²) in [5, 5.41) is 3.62. The third-order valence-electron chi connectivity index (χ3n) is 5.62. The molecule has 1 amide bonds. The molecule has 3 heterocycles. The second-order valence-electron chi connectivity index (χ2n) is 7.36. The molecule has 0 bridgehead atoms. The topological polar surface area (TPSA) is 86.8 Å². The maximum Gasteiger partial charge on any atom is 0.250 e. The van der Waals surface area contributed by atoms with E-state index in [1.54, 1.807) is 12.3 Å². The van der Waals surface area contributed by atoms with Gasteiger partial charge in [-0.25, -0.2) is 4.98 Å². The largest absolute Gasteiger partial charge is 0.366 e. The summed E-state index contributed by atoms with van der Waals surface area (Å²) in [4.78, 5) is 24.9. The molecule has 2 aliphatic rings. The summed E-state index contributed by atoms with van der Waals surface area (Å²) in [6, 6.07) is 14.5. The van der Waals surface area contributed by atoms with Crippen molar-refractivity contribution in [3.8, 4) is 0 Å². The average Bonchev–Trinajstić information content (AvgIpc) is 3.24. The third-order valence-corrected chi connectivity index (χ3v) is 5.62. The van der Waals surface area contributed by atoms with Gasteiger partial charge >= 0.3 is 0 Å². The van der Waals surface area contributed by atoms with Crippen LogP contribution in [0.15, 0.2) is 53.7 Å². The molecule has 0 spiro atoms. The van der Waals surface area contributed by atoms with Crippen LogP contribution in [0.3, 0.4) is 0 Å². The summed E-state index contributed by atoms with van der Waals surface area (Å²) in [7, 11) is 0. The second kappa shape index (κ2) is 7.88. The predicted molar refractivity (Wildman–Crippen MR) is 111 cm³/mol.